The van der Waals surface area contributed by atoms with Gasteiger partial charge in [0.25, 0.3) is 0 Å². The minimum Gasteiger partial charge on any atom is -0.489 e. The van der Waals surface area contributed by atoms with E-state index in [1.54, 1.807) is 6.20 Å². The van der Waals surface area contributed by atoms with Crippen LogP contribution >= 0.6 is 0 Å². The Morgan fingerprint density at radius 2 is 1.79 bits per heavy atom. The summed E-state index contributed by atoms with van der Waals surface area (Å²) in [6, 6.07) is 24.4. The summed E-state index contributed by atoms with van der Waals surface area (Å²) in [7, 11) is 0. The maximum absolute atomic E-state index is 12.2. The summed E-state index contributed by atoms with van der Waals surface area (Å²) in [6.07, 6.45) is 3.52. The monoisotopic (exact) mass is 385 g/mol. The van der Waals surface area contributed by atoms with Gasteiger partial charge in [-0.05, 0) is 48.2 Å². The van der Waals surface area contributed by atoms with Gasteiger partial charge in [-0.2, -0.15) is 5.26 Å². The Hall–Kier alpha value is -3.65. The molecule has 0 fully saturated rings. The van der Waals surface area contributed by atoms with Gasteiger partial charge in [-0.3, -0.25) is 9.78 Å². The van der Waals surface area contributed by atoms with Gasteiger partial charge in [0, 0.05) is 18.3 Å². The van der Waals surface area contributed by atoms with Gasteiger partial charge in [-0.25, -0.2) is 0 Å². The van der Waals surface area contributed by atoms with Crippen LogP contribution in [0.15, 0.2) is 79.0 Å². The van der Waals surface area contributed by atoms with Crippen molar-refractivity contribution in [3.05, 3.63) is 95.8 Å². The van der Waals surface area contributed by atoms with E-state index in [0.29, 0.717) is 19.4 Å². The molecule has 5 nitrogen and oxygen atoms in total. The molecule has 2 aromatic carbocycles. The van der Waals surface area contributed by atoms with Crippen LogP contribution in [0.4, 0.5) is 0 Å². The Balaban J connectivity index is 1.47. The molecule has 29 heavy (non-hydrogen) atoms. The van der Waals surface area contributed by atoms with Crippen molar-refractivity contribution in [2.45, 2.75) is 31.9 Å². The fourth-order valence-corrected chi connectivity index (χ4v) is 2.90. The molecule has 0 saturated heterocycles. The van der Waals surface area contributed by atoms with E-state index in [4.69, 9.17) is 4.74 Å². The SMILES string of the molecule is N#CC(NC(=O)CCCc1ccccn1)c1ccc(OCc2ccccc2)cc1. The predicted octanol–water partition coefficient (Wildman–Crippen LogP) is 4.36. The van der Waals surface area contributed by atoms with Gasteiger partial charge in [-0.1, -0.05) is 48.5 Å². The highest BCUT2D eigenvalue weighted by Crippen LogP contribution is 2.19. The van der Waals surface area contributed by atoms with E-state index in [2.05, 4.69) is 16.4 Å². The van der Waals surface area contributed by atoms with Crippen molar-refractivity contribution in [3.8, 4) is 11.8 Å². The fraction of sp³-hybridized carbons (Fsp3) is 0.208. The number of nitrogens with one attached hydrogen (secondary N) is 1. The molecule has 3 rings (SSSR count). The second-order valence-electron chi connectivity index (χ2n) is 6.65. The summed E-state index contributed by atoms with van der Waals surface area (Å²) >= 11 is 0. The van der Waals surface area contributed by atoms with Crippen molar-refractivity contribution < 1.29 is 9.53 Å². The lowest BCUT2D eigenvalue weighted by Crippen LogP contribution is -2.27. The first-order valence-corrected chi connectivity index (χ1v) is 9.60. The van der Waals surface area contributed by atoms with Crippen molar-refractivity contribution in [3.63, 3.8) is 0 Å². The average Bonchev–Trinajstić information content (AvgIpc) is 2.78. The molecule has 146 valence electrons. The largest absolute Gasteiger partial charge is 0.489 e. The Morgan fingerprint density at radius 3 is 2.48 bits per heavy atom. The van der Waals surface area contributed by atoms with E-state index in [1.165, 1.54) is 0 Å². The quantitative estimate of drug-likeness (QED) is 0.594. The van der Waals surface area contributed by atoms with Gasteiger partial charge >= 0.3 is 0 Å². The van der Waals surface area contributed by atoms with Gasteiger partial charge in [0.2, 0.25) is 5.91 Å². The van der Waals surface area contributed by atoms with E-state index in [-0.39, 0.29) is 5.91 Å². The molecule has 0 bridgehead atoms. The molecule has 0 saturated carbocycles. The topological polar surface area (TPSA) is 75.0 Å². The van der Waals surface area contributed by atoms with Crippen LogP contribution in [0.25, 0.3) is 0 Å². The first kappa shape index (κ1) is 20.1. The predicted molar refractivity (Wildman–Crippen MR) is 111 cm³/mol. The zero-order valence-corrected chi connectivity index (χ0v) is 16.1. The van der Waals surface area contributed by atoms with Crippen molar-refractivity contribution in [2.75, 3.05) is 0 Å². The molecule has 0 aliphatic heterocycles. The molecule has 5 heteroatoms. The van der Waals surface area contributed by atoms with Crippen LogP contribution in [-0.4, -0.2) is 10.9 Å². The zero-order chi connectivity index (χ0) is 20.3. The summed E-state index contributed by atoms with van der Waals surface area (Å²) in [6.45, 7) is 0.481. The molecule has 0 aliphatic carbocycles. The molecule has 0 radical (unpaired) electrons. The minimum absolute atomic E-state index is 0.142. The van der Waals surface area contributed by atoms with Crippen molar-refractivity contribution in [2.24, 2.45) is 0 Å². The van der Waals surface area contributed by atoms with Crippen LogP contribution in [0.1, 0.15) is 35.7 Å². The number of rotatable bonds is 9. The molecule has 1 aromatic heterocycles. The third-order valence-electron chi connectivity index (χ3n) is 4.46. The molecule has 0 aliphatic rings. The Labute approximate surface area is 171 Å². The van der Waals surface area contributed by atoms with Gasteiger partial charge in [-0.15, -0.1) is 0 Å². The van der Waals surface area contributed by atoms with Crippen LogP contribution in [0.2, 0.25) is 0 Å². The second-order valence-corrected chi connectivity index (χ2v) is 6.65. The normalized spacial score (nSPS) is 11.3. The molecule has 3 aromatic rings. The average molecular weight is 385 g/mol. The third kappa shape index (κ3) is 6.47. The molecule has 1 N–H and O–H groups in total. The summed E-state index contributed by atoms with van der Waals surface area (Å²) < 4.78 is 5.76. The van der Waals surface area contributed by atoms with Gasteiger partial charge in [0.1, 0.15) is 18.4 Å². The number of amides is 1. The molecule has 1 atom stereocenters. The van der Waals surface area contributed by atoms with E-state index in [9.17, 15) is 10.1 Å². The summed E-state index contributed by atoms with van der Waals surface area (Å²) in [5.74, 6) is 0.577. The summed E-state index contributed by atoms with van der Waals surface area (Å²) in [5.41, 5.74) is 2.78. The molecule has 1 unspecified atom stereocenters. The summed E-state index contributed by atoms with van der Waals surface area (Å²) in [5, 5.41) is 12.2. The number of ether oxygens (including phenoxy) is 1. The highest BCUT2D eigenvalue weighted by atomic mass is 16.5. The zero-order valence-electron chi connectivity index (χ0n) is 16.1. The Bertz CT molecular complexity index is 935. The van der Waals surface area contributed by atoms with Crippen LogP contribution < -0.4 is 10.1 Å². The summed E-state index contributed by atoms with van der Waals surface area (Å²) in [4.78, 5) is 16.4. The number of hydrogen-bond acceptors (Lipinski definition) is 4. The van der Waals surface area contributed by atoms with Gasteiger partial charge in [0.15, 0.2) is 0 Å². The van der Waals surface area contributed by atoms with Crippen molar-refractivity contribution in [1.29, 1.82) is 5.26 Å². The lowest BCUT2D eigenvalue weighted by atomic mass is 10.1. The van der Waals surface area contributed by atoms with E-state index < -0.39 is 6.04 Å². The van der Waals surface area contributed by atoms with Crippen molar-refractivity contribution in [1.82, 2.24) is 10.3 Å². The van der Waals surface area contributed by atoms with E-state index >= 15 is 0 Å². The minimum atomic E-state index is -0.680. The van der Waals surface area contributed by atoms with Gasteiger partial charge in [0.05, 0.1) is 6.07 Å². The highest BCUT2D eigenvalue weighted by molar-refractivity contribution is 5.76. The van der Waals surface area contributed by atoms with E-state index in [1.807, 2.05) is 72.8 Å². The number of nitriles is 1. The number of hydrogen-bond donors (Lipinski definition) is 1. The second kappa shape index (κ2) is 10.6. The maximum Gasteiger partial charge on any atom is 0.221 e. The lowest BCUT2D eigenvalue weighted by Gasteiger charge is -2.13. The molecule has 1 heterocycles. The smallest absolute Gasteiger partial charge is 0.221 e. The third-order valence-corrected chi connectivity index (χ3v) is 4.46. The number of benzene rings is 2. The molecule has 0 spiro atoms. The lowest BCUT2D eigenvalue weighted by molar-refractivity contribution is -0.121. The number of pyridine rings is 1. The van der Waals surface area contributed by atoms with Gasteiger partial charge < -0.3 is 10.1 Å². The number of carbonyl (C=O) groups is 1. The van der Waals surface area contributed by atoms with Crippen LogP contribution in [0, 0.1) is 11.3 Å². The van der Waals surface area contributed by atoms with Crippen LogP contribution in [0.3, 0.4) is 0 Å². The fourth-order valence-electron chi connectivity index (χ4n) is 2.90. The standard InChI is InChI=1S/C24H23N3O2/c25-17-23(27-24(28)11-6-10-21-9-4-5-16-26-21)20-12-14-22(15-13-20)29-18-19-7-2-1-3-8-19/h1-5,7-9,12-16,23H,6,10-11,18H2,(H,27,28). The first-order chi connectivity index (χ1) is 14.2. The first-order valence-electron chi connectivity index (χ1n) is 9.60. The number of carbonyl (C=O) groups excluding carboxylic acids is 1. The maximum atomic E-state index is 12.2. The Morgan fingerprint density at radius 1 is 1.03 bits per heavy atom. The van der Waals surface area contributed by atoms with Crippen LogP contribution in [-0.2, 0) is 17.8 Å². The highest BCUT2D eigenvalue weighted by Gasteiger charge is 2.14. The Kier molecular flexibility index (Phi) is 7.36. The number of nitrogens with zero attached hydrogens (tertiary/aromatic N) is 2. The van der Waals surface area contributed by atoms with Crippen molar-refractivity contribution >= 4 is 5.91 Å². The molecular weight excluding hydrogens is 362 g/mol. The number of aromatic nitrogens is 1. The van der Waals surface area contributed by atoms with Crippen LogP contribution in [0.5, 0.6) is 5.75 Å². The van der Waals surface area contributed by atoms with E-state index in [0.717, 1.165) is 29.0 Å². The molecular formula is C24H23N3O2. The molecule has 1 amide bonds. The number of aryl methyl sites for hydroxylation is 1.